The molecule has 3 heterocycles. The summed E-state index contributed by atoms with van der Waals surface area (Å²) in [5, 5.41) is 10.7. The fraction of sp³-hybridized carbons (Fsp3) is 0.400. The standard InChI is InChI=1S/C25H28ClN5O/c1-15-12-28-13-19(21(15)26)22-16(2)29-24(20(14-32)30-22)31-9-7-25(8-10-31)11-17-5-3-4-6-18(17)23(25)27/h3-6,12-13,23,32H,7-11,14,27H2,1-2H3/t23-/m1/s1. The third kappa shape index (κ3) is 3.38. The first-order valence-corrected chi connectivity index (χ1v) is 11.5. The largest absolute Gasteiger partial charge is 0.390 e. The van der Waals surface area contributed by atoms with E-state index in [2.05, 4.69) is 34.1 Å². The van der Waals surface area contributed by atoms with E-state index in [-0.39, 0.29) is 18.1 Å². The number of benzene rings is 1. The summed E-state index contributed by atoms with van der Waals surface area (Å²) in [6.07, 6.45) is 6.45. The van der Waals surface area contributed by atoms with E-state index in [1.165, 1.54) is 11.1 Å². The van der Waals surface area contributed by atoms with Crippen LogP contribution in [0.15, 0.2) is 36.7 Å². The van der Waals surface area contributed by atoms with Crippen molar-refractivity contribution in [2.45, 2.75) is 45.8 Å². The lowest BCUT2D eigenvalue weighted by Gasteiger charge is -2.43. The van der Waals surface area contributed by atoms with Gasteiger partial charge in [-0.05, 0) is 55.2 Å². The second-order valence-corrected chi connectivity index (χ2v) is 9.48. The predicted molar refractivity (Wildman–Crippen MR) is 127 cm³/mol. The number of anilines is 1. The van der Waals surface area contributed by atoms with Crippen molar-refractivity contribution in [3.63, 3.8) is 0 Å². The molecule has 1 aliphatic heterocycles. The van der Waals surface area contributed by atoms with Gasteiger partial charge in [-0.15, -0.1) is 0 Å². The Hall–Kier alpha value is -2.54. The van der Waals surface area contributed by atoms with Gasteiger partial charge in [0.25, 0.3) is 0 Å². The van der Waals surface area contributed by atoms with Crippen molar-refractivity contribution in [2.75, 3.05) is 18.0 Å². The number of nitrogens with two attached hydrogens (primary N) is 1. The van der Waals surface area contributed by atoms with Crippen molar-refractivity contribution in [2.24, 2.45) is 11.1 Å². The number of aliphatic hydroxyl groups is 1. The third-order valence-electron chi connectivity index (χ3n) is 7.23. The molecule has 6 nitrogen and oxygen atoms in total. The number of aliphatic hydroxyl groups excluding tert-OH is 1. The molecule has 166 valence electrons. The molecule has 1 spiro atoms. The molecule has 2 aromatic heterocycles. The van der Waals surface area contributed by atoms with Gasteiger partial charge in [0, 0.05) is 37.1 Å². The van der Waals surface area contributed by atoms with Gasteiger partial charge in [0.15, 0.2) is 5.82 Å². The van der Waals surface area contributed by atoms with E-state index in [1.807, 2.05) is 13.8 Å². The highest BCUT2D eigenvalue weighted by molar-refractivity contribution is 6.34. The lowest BCUT2D eigenvalue weighted by molar-refractivity contribution is 0.186. The average molecular weight is 450 g/mol. The number of fused-ring (bicyclic) bond motifs is 1. The van der Waals surface area contributed by atoms with Crippen LogP contribution < -0.4 is 10.6 Å². The Kier molecular flexibility index (Phi) is 5.40. The number of rotatable bonds is 3. The minimum absolute atomic E-state index is 0.0734. The Morgan fingerprint density at radius 1 is 1.16 bits per heavy atom. The second-order valence-electron chi connectivity index (χ2n) is 9.11. The van der Waals surface area contributed by atoms with Gasteiger partial charge in [-0.3, -0.25) is 4.98 Å². The molecule has 3 aromatic rings. The Morgan fingerprint density at radius 2 is 1.91 bits per heavy atom. The zero-order chi connectivity index (χ0) is 22.5. The van der Waals surface area contributed by atoms with E-state index in [9.17, 15) is 5.11 Å². The SMILES string of the molecule is Cc1cncc(-c2nc(CO)c(N3CCC4(CC3)Cc3ccccc3[C@H]4N)nc2C)c1Cl. The molecular formula is C25H28ClN5O. The van der Waals surface area contributed by atoms with Crippen molar-refractivity contribution >= 4 is 17.4 Å². The molecule has 0 unspecified atom stereocenters. The van der Waals surface area contributed by atoms with E-state index < -0.39 is 0 Å². The molecule has 1 aliphatic carbocycles. The van der Waals surface area contributed by atoms with Crippen LogP contribution in [0.3, 0.4) is 0 Å². The highest BCUT2D eigenvalue weighted by Gasteiger charge is 2.46. The smallest absolute Gasteiger partial charge is 0.153 e. The van der Waals surface area contributed by atoms with E-state index in [1.54, 1.807) is 12.4 Å². The normalized spacial score (nSPS) is 19.4. The Labute approximate surface area is 193 Å². The minimum atomic E-state index is -0.181. The Balaban J connectivity index is 1.42. The zero-order valence-corrected chi connectivity index (χ0v) is 19.2. The van der Waals surface area contributed by atoms with E-state index in [4.69, 9.17) is 27.3 Å². The van der Waals surface area contributed by atoms with Crippen LogP contribution in [-0.4, -0.2) is 33.1 Å². The van der Waals surface area contributed by atoms with Crippen LogP contribution in [0.5, 0.6) is 0 Å². The van der Waals surface area contributed by atoms with Crippen LogP contribution in [0.4, 0.5) is 5.82 Å². The number of piperidine rings is 1. The van der Waals surface area contributed by atoms with Gasteiger partial charge < -0.3 is 15.7 Å². The summed E-state index contributed by atoms with van der Waals surface area (Å²) in [6, 6.07) is 8.63. The van der Waals surface area contributed by atoms with Gasteiger partial charge in [0.05, 0.1) is 23.0 Å². The highest BCUT2D eigenvalue weighted by Crippen LogP contribution is 2.51. The molecule has 0 bridgehead atoms. The summed E-state index contributed by atoms with van der Waals surface area (Å²) in [7, 11) is 0. The molecule has 3 N–H and O–H groups in total. The van der Waals surface area contributed by atoms with Crippen LogP contribution >= 0.6 is 11.6 Å². The topological polar surface area (TPSA) is 88.2 Å². The third-order valence-corrected chi connectivity index (χ3v) is 7.73. The van der Waals surface area contributed by atoms with Crippen molar-refractivity contribution in [3.05, 3.63) is 69.8 Å². The lowest BCUT2D eigenvalue weighted by Crippen LogP contribution is -2.45. The Bertz CT molecular complexity index is 1170. The number of pyridine rings is 1. The molecule has 1 saturated heterocycles. The summed E-state index contributed by atoms with van der Waals surface area (Å²) < 4.78 is 0. The van der Waals surface area contributed by atoms with Gasteiger partial charge in [0.1, 0.15) is 5.69 Å². The molecule has 1 atom stereocenters. The number of aromatic nitrogens is 3. The quantitative estimate of drug-likeness (QED) is 0.624. The van der Waals surface area contributed by atoms with Crippen LogP contribution in [0.2, 0.25) is 5.02 Å². The van der Waals surface area contributed by atoms with Crippen molar-refractivity contribution < 1.29 is 5.11 Å². The van der Waals surface area contributed by atoms with Gasteiger partial charge >= 0.3 is 0 Å². The minimum Gasteiger partial charge on any atom is -0.390 e. The Morgan fingerprint density at radius 3 is 2.62 bits per heavy atom. The molecular weight excluding hydrogens is 422 g/mol. The molecule has 5 rings (SSSR count). The second kappa shape index (κ2) is 8.10. The number of hydrogen-bond donors (Lipinski definition) is 2. The first-order valence-electron chi connectivity index (χ1n) is 11.1. The summed E-state index contributed by atoms with van der Waals surface area (Å²) in [5.41, 5.74) is 13.1. The maximum atomic E-state index is 10.1. The van der Waals surface area contributed by atoms with E-state index >= 15 is 0 Å². The molecule has 0 saturated carbocycles. The molecule has 2 aliphatic rings. The van der Waals surface area contributed by atoms with Gasteiger partial charge in [-0.2, -0.15) is 0 Å². The fourth-order valence-electron chi connectivity index (χ4n) is 5.34. The van der Waals surface area contributed by atoms with Crippen LogP contribution in [0.1, 0.15) is 47.0 Å². The van der Waals surface area contributed by atoms with Crippen molar-refractivity contribution in [1.29, 1.82) is 0 Å². The average Bonchev–Trinajstić information content (AvgIpc) is 3.07. The summed E-state index contributed by atoms with van der Waals surface area (Å²) in [5.74, 6) is 0.754. The monoisotopic (exact) mass is 449 g/mol. The van der Waals surface area contributed by atoms with Crippen LogP contribution in [-0.2, 0) is 13.0 Å². The zero-order valence-electron chi connectivity index (χ0n) is 18.5. The van der Waals surface area contributed by atoms with Crippen molar-refractivity contribution in [1.82, 2.24) is 15.0 Å². The maximum Gasteiger partial charge on any atom is 0.153 e. The number of halogens is 1. The van der Waals surface area contributed by atoms with Crippen molar-refractivity contribution in [3.8, 4) is 11.3 Å². The molecule has 0 amide bonds. The molecule has 1 fully saturated rings. The van der Waals surface area contributed by atoms with Crippen LogP contribution in [0.25, 0.3) is 11.3 Å². The number of hydrogen-bond acceptors (Lipinski definition) is 6. The summed E-state index contributed by atoms with van der Waals surface area (Å²) >= 11 is 6.51. The predicted octanol–water partition coefficient (Wildman–Crippen LogP) is 4.14. The van der Waals surface area contributed by atoms with Crippen LogP contribution in [0, 0.1) is 19.3 Å². The van der Waals surface area contributed by atoms with Gasteiger partial charge in [-0.25, -0.2) is 9.97 Å². The molecule has 32 heavy (non-hydrogen) atoms. The molecule has 7 heteroatoms. The maximum absolute atomic E-state index is 10.1. The summed E-state index contributed by atoms with van der Waals surface area (Å²) in [6.45, 7) is 5.35. The van der Waals surface area contributed by atoms with E-state index in [0.717, 1.165) is 55.0 Å². The number of aryl methyl sites for hydroxylation is 2. The van der Waals surface area contributed by atoms with E-state index in [0.29, 0.717) is 16.4 Å². The fourth-order valence-corrected chi connectivity index (χ4v) is 5.53. The highest BCUT2D eigenvalue weighted by atomic mass is 35.5. The first-order chi connectivity index (χ1) is 15.4. The summed E-state index contributed by atoms with van der Waals surface area (Å²) in [4.78, 5) is 16.1. The van der Waals surface area contributed by atoms with Gasteiger partial charge in [-0.1, -0.05) is 35.9 Å². The van der Waals surface area contributed by atoms with Gasteiger partial charge in [0.2, 0.25) is 0 Å². The lowest BCUT2D eigenvalue weighted by atomic mass is 9.73. The molecule has 0 radical (unpaired) electrons. The first kappa shape index (κ1) is 21.3. The molecule has 1 aromatic carbocycles. The number of nitrogens with zero attached hydrogens (tertiary/aromatic N) is 4.